The first-order valence-corrected chi connectivity index (χ1v) is 12.0. The number of benzene rings is 2. The molecule has 5 rings (SSSR count). The van der Waals surface area contributed by atoms with Crippen molar-refractivity contribution in [1.29, 1.82) is 0 Å². The lowest BCUT2D eigenvalue weighted by Gasteiger charge is -2.33. The average Bonchev–Trinajstić information content (AvgIpc) is 3.61. The first-order valence-electron chi connectivity index (χ1n) is 11.6. The van der Waals surface area contributed by atoms with Crippen LogP contribution in [0.3, 0.4) is 0 Å². The van der Waals surface area contributed by atoms with Gasteiger partial charge >= 0.3 is 0 Å². The lowest BCUT2D eigenvalue weighted by molar-refractivity contribution is -0.189. The van der Waals surface area contributed by atoms with Crippen LogP contribution < -0.4 is 11.1 Å². The number of primary amides is 1. The van der Waals surface area contributed by atoms with Gasteiger partial charge in [-0.05, 0) is 36.2 Å². The van der Waals surface area contributed by atoms with E-state index in [1.807, 2.05) is 42.5 Å². The number of halogens is 1. The molecule has 0 aliphatic carbocycles. The Morgan fingerprint density at radius 3 is 2.46 bits per heavy atom. The van der Waals surface area contributed by atoms with E-state index < -0.39 is 23.6 Å². The maximum Gasteiger partial charge on any atom is 0.280 e. The van der Waals surface area contributed by atoms with Crippen LogP contribution in [0, 0.1) is 0 Å². The molecular weight excluding hydrogens is 494 g/mol. The van der Waals surface area contributed by atoms with Crippen molar-refractivity contribution in [2.75, 3.05) is 13.2 Å². The second kappa shape index (κ2) is 10.5. The van der Waals surface area contributed by atoms with Gasteiger partial charge in [0, 0.05) is 23.0 Å². The number of carbonyl (C=O) groups excluding carboxylic acids is 2. The molecule has 0 radical (unpaired) electrons. The highest BCUT2D eigenvalue weighted by Crippen LogP contribution is 2.27. The highest BCUT2D eigenvalue weighted by atomic mass is 35.5. The van der Waals surface area contributed by atoms with Gasteiger partial charge in [-0.15, -0.1) is 0 Å². The number of nitrogens with one attached hydrogen (secondary N) is 1. The molecule has 0 spiro atoms. The molecule has 3 heterocycles. The summed E-state index contributed by atoms with van der Waals surface area (Å²) in [5.41, 5.74) is 8.43. The number of imidazole rings is 1. The molecule has 3 N–H and O–H groups in total. The van der Waals surface area contributed by atoms with E-state index >= 15 is 0 Å². The van der Waals surface area contributed by atoms with Crippen LogP contribution in [0.2, 0.25) is 5.02 Å². The minimum atomic E-state index is -1.79. The normalized spacial score (nSPS) is 15.3. The Morgan fingerprint density at radius 1 is 1.03 bits per heavy atom. The minimum absolute atomic E-state index is 0.185. The molecule has 4 aromatic rings. The number of pyridine rings is 1. The lowest BCUT2D eigenvalue weighted by Crippen LogP contribution is -2.61. The van der Waals surface area contributed by atoms with Gasteiger partial charge in [-0.25, -0.2) is 9.97 Å². The van der Waals surface area contributed by atoms with E-state index in [4.69, 9.17) is 26.8 Å². The van der Waals surface area contributed by atoms with Crippen molar-refractivity contribution in [3.8, 4) is 17.1 Å². The van der Waals surface area contributed by atoms with Gasteiger partial charge in [0.25, 0.3) is 17.6 Å². The molecule has 1 saturated heterocycles. The summed E-state index contributed by atoms with van der Waals surface area (Å²) in [5, 5.41) is 3.55. The van der Waals surface area contributed by atoms with Crippen molar-refractivity contribution in [1.82, 2.24) is 19.9 Å². The Hall–Kier alpha value is -4.05. The summed E-state index contributed by atoms with van der Waals surface area (Å²) in [6.07, 6.45) is 5.21. The monoisotopic (exact) mass is 517 g/mol. The number of hydrogen-bond donors (Lipinski definition) is 2. The summed E-state index contributed by atoms with van der Waals surface area (Å²) in [5.74, 6) is -2.69. The summed E-state index contributed by atoms with van der Waals surface area (Å²) in [7, 11) is 0. The number of nitrogens with zero attached hydrogens (tertiary/aromatic N) is 3. The molecule has 2 amide bonds. The van der Waals surface area contributed by atoms with Gasteiger partial charge in [-0.3, -0.25) is 14.2 Å². The zero-order valence-corrected chi connectivity index (χ0v) is 20.5. The Kier molecular flexibility index (Phi) is 7.00. The van der Waals surface area contributed by atoms with Crippen molar-refractivity contribution in [2.45, 2.75) is 18.2 Å². The van der Waals surface area contributed by atoms with Crippen LogP contribution in [-0.4, -0.2) is 51.4 Å². The van der Waals surface area contributed by atoms with E-state index in [2.05, 4.69) is 15.3 Å². The van der Waals surface area contributed by atoms with E-state index in [-0.39, 0.29) is 25.2 Å². The number of ether oxygens (including phenoxy) is 2. The molecule has 188 valence electrons. The van der Waals surface area contributed by atoms with Crippen molar-refractivity contribution in [3.05, 3.63) is 102 Å². The fraction of sp³-hybridized carbons (Fsp3) is 0.185. The second-order valence-electron chi connectivity index (χ2n) is 8.49. The van der Waals surface area contributed by atoms with E-state index in [1.165, 1.54) is 0 Å². The molecule has 1 atom stereocenters. The third-order valence-corrected chi connectivity index (χ3v) is 6.36. The summed E-state index contributed by atoms with van der Waals surface area (Å²) in [4.78, 5) is 35.0. The molecule has 1 aliphatic rings. The van der Waals surface area contributed by atoms with E-state index in [0.29, 0.717) is 16.5 Å². The first kappa shape index (κ1) is 24.6. The van der Waals surface area contributed by atoms with Gasteiger partial charge in [0.1, 0.15) is 6.33 Å². The Bertz CT molecular complexity index is 1400. The highest BCUT2D eigenvalue weighted by Gasteiger charge is 2.51. The third-order valence-electron chi connectivity index (χ3n) is 6.10. The van der Waals surface area contributed by atoms with Gasteiger partial charge in [-0.1, -0.05) is 54.1 Å². The smallest absolute Gasteiger partial charge is 0.280 e. The van der Waals surface area contributed by atoms with Crippen molar-refractivity contribution < 1.29 is 19.1 Å². The molecule has 1 unspecified atom stereocenters. The quantitative estimate of drug-likeness (QED) is 0.370. The van der Waals surface area contributed by atoms with Crippen LogP contribution in [0.1, 0.15) is 15.9 Å². The predicted octanol–water partition coefficient (Wildman–Crippen LogP) is 3.16. The van der Waals surface area contributed by atoms with Crippen LogP contribution in [-0.2, 0) is 20.7 Å². The first-order chi connectivity index (χ1) is 18.0. The van der Waals surface area contributed by atoms with Gasteiger partial charge in [0.15, 0.2) is 5.82 Å². The van der Waals surface area contributed by atoms with Crippen molar-refractivity contribution in [3.63, 3.8) is 0 Å². The lowest BCUT2D eigenvalue weighted by atomic mass is 9.97. The zero-order valence-electron chi connectivity index (χ0n) is 19.7. The molecular formula is C27H24ClN5O4. The van der Waals surface area contributed by atoms with Crippen LogP contribution in [0.5, 0.6) is 0 Å². The molecule has 10 heteroatoms. The number of hydrogen-bond acceptors (Lipinski definition) is 6. The van der Waals surface area contributed by atoms with Crippen molar-refractivity contribution >= 4 is 23.4 Å². The molecule has 37 heavy (non-hydrogen) atoms. The summed E-state index contributed by atoms with van der Waals surface area (Å²) in [6, 6.07) is 19.1. The van der Waals surface area contributed by atoms with E-state index in [9.17, 15) is 9.59 Å². The molecule has 2 aromatic heterocycles. The van der Waals surface area contributed by atoms with Gasteiger partial charge in [0.2, 0.25) is 0 Å². The molecule has 9 nitrogen and oxygen atoms in total. The van der Waals surface area contributed by atoms with Crippen LogP contribution in [0.4, 0.5) is 0 Å². The molecule has 1 fully saturated rings. The molecule has 0 bridgehead atoms. The number of carbonyl (C=O) groups is 2. The zero-order chi connectivity index (χ0) is 25.8. The number of aromatic nitrogens is 3. The van der Waals surface area contributed by atoms with Gasteiger partial charge < -0.3 is 20.5 Å². The van der Waals surface area contributed by atoms with Crippen molar-refractivity contribution in [2.24, 2.45) is 5.73 Å². The highest BCUT2D eigenvalue weighted by molar-refractivity contribution is 6.30. The summed E-state index contributed by atoms with van der Waals surface area (Å²) in [6.45, 7) is 0.371. The van der Waals surface area contributed by atoms with Gasteiger partial charge in [0.05, 0.1) is 30.5 Å². The molecule has 2 aromatic carbocycles. The Morgan fingerprint density at radius 2 is 1.76 bits per heavy atom. The average molecular weight is 518 g/mol. The van der Waals surface area contributed by atoms with E-state index in [1.54, 1.807) is 47.6 Å². The van der Waals surface area contributed by atoms with Crippen LogP contribution in [0.25, 0.3) is 17.1 Å². The number of amides is 2. The Balaban J connectivity index is 1.46. The fourth-order valence-electron chi connectivity index (χ4n) is 4.30. The van der Waals surface area contributed by atoms with Crippen LogP contribution >= 0.6 is 11.6 Å². The van der Waals surface area contributed by atoms with Gasteiger partial charge in [-0.2, -0.15) is 0 Å². The minimum Gasteiger partial charge on any atom is -0.365 e. The maximum atomic E-state index is 13.6. The topological polar surface area (TPSA) is 121 Å². The fourth-order valence-corrected chi connectivity index (χ4v) is 4.42. The number of rotatable bonds is 8. The molecule has 1 aliphatic heterocycles. The largest absolute Gasteiger partial charge is 0.365 e. The summed E-state index contributed by atoms with van der Waals surface area (Å²) >= 11 is 6.00. The number of nitrogens with two attached hydrogens (primary N) is 1. The SMILES string of the molecule is NC(=O)C1(C(Cc2ccccc2)NC(=O)c2cccnc2-n2cnc(-c3ccc(Cl)cc3)c2)OCCO1. The standard InChI is InChI=1S/C27H24ClN5O4/c28-20-10-8-19(9-11-20)22-16-33(17-31-22)24-21(7-4-12-30-24)25(34)32-23(15-18-5-2-1-3-6-18)27(26(29)35)36-13-14-37-27/h1-12,16-17,23H,13-15H2,(H2,29,35)(H,32,34). The van der Waals surface area contributed by atoms with Crippen LogP contribution in [0.15, 0.2) is 85.5 Å². The second-order valence-corrected chi connectivity index (χ2v) is 8.93. The maximum absolute atomic E-state index is 13.6. The molecule has 0 saturated carbocycles. The third kappa shape index (κ3) is 5.10. The predicted molar refractivity (Wildman–Crippen MR) is 137 cm³/mol. The van der Waals surface area contributed by atoms with E-state index in [0.717, 1.165) is 11.1 Å². The summed E-state index contributed by atoms with van der Waals surface area (Å²) < 4.78 is 13.1. The Labute approximate surface area is 218 Å².